The summed E-state index contributed by atoms with van der Waals surface area (Å²) >= 11 is 12.1. The number of nitrogens with zero attached hydrogens (tertiary/aromatic N) is 1. The number of halogens is 2. The number of carbonyl (C=O) groups is 1. The highest BCUT2D eigenvalue weighted by Crippen LogP contribution is 2.27. The number of methoxy groups -OCH3 is 1. The molecular weight excluding hydrogens is 379 g/mol. The second-order valence-electron chi connectivity index (χ2n) is 5.34. The number of benzene rings is 2. The molecule has 2 aromatic carbocycles. The van der Waals surface area contributed by atoms with Crippen LogP contribution in [-0.2, 0) is 4.74 Å². The van der Waals surface area contributed by atoms with Crippen LogP contribution in [0.2, 0.25) is 5.02 Å². The van der Waals surface area contributed by atoms with Gasteiger partial charge < -0.3 is 14.8 Å². The Balaban J connectivity index is 2.08. The van der Waals surface area contributed by atoms with Gasteiger partial charge in [-0.3, -0.25) is 4.79 Å². The topological polar surface area (TPSA) is 92.3 Å². The molecule has 0 aliphatic rings. The van der Waals surface area contributed by atoms with Crippen LogP contribution in [0, 0.1) is 0 Å². The lowest BCUT2D eigenvalue weighted by Gasteiger charge is -2.05. The minimum atomic E-state index is -0.532. The van der Waals surface area contributed by atoms with Crippen LogP contribution in [0.25, 0.3) is 22.0 Å². The molecule has 26 heavy (non-hydrogen) atoms. The average Bonchev–Trinajstić information content (AvgIpc) is 2.63. The van der Waals surface area contributed by atoms with E-state index in [4.69, 9.17) is 23.2 Å². The Kier molecular flexibility index (Phi) is 4.97. The number of nitrogens with one attached hydrogen (secondary N) is 1. The van der Waals surface area contributed by atoms with Gasteiger partial charge in [-0.05, 0) is 42.0 Å². The summed E-state index contributed by atoms with van der Waals surface area (Å²) in [6.07, 6.45) is 1.54. The van der Waals surface area contributed by atoms with Crippen LogP contribution in [-0.4, -0.2) is 28.2 Å². The Bertz CT molecular complexity index is 1110. The maximum atomic E-state index is 12.3. The Hall–Kier alpha value is -2.83. The van der Waals surface area contributed by atoms with Gasteiger partial charge in [0.25, 0.3) is 5.56 Å². The number of aromatic hydroxyl groups is 1. The third-order valence-corrected chi connectivity index (χ3v) is 4.21. The van der Waals surface area contributed by atoms with E-state index in [1.54, 1.807) is 12.1 Å². The fourth-order valence-corrected chi connectivity index (χ4v) is 2.73. The number of carbonyl (C=O) groups excluding carboxylic acids is 1. The van der Waals surface area contributed by atoms with Crippen molar-refractivity contribution in [3.05, 3.63) is 68.7 Å². The van der Waals surface area contributed by atoms with Crippen molar-refractivity contribution >= 4 is 51.2 Å². The minimum Gasteiger partial charge on any atom is -0.506 e. The summed E-state index contributed by atoms with van der Waals surface area (Å²) in [5, 5.41) is 10.1. The average molecular weight is 391 g/mol. The van der Waals surface area contributed by atoms with Gasteiger partial charge in [0, 0.05) is 0 Å². The second-order valence-corrected chi connectivity index (χ2v) is 6.16. The van der Waals surface area contributed by atoms with E-state index in [0.29, 0.717) is 16.5 Å². The van der Waals surface area contributed by atoms with Crippen LogP contribution in [0.3, 0.4) is 0 Å². The Morgan fingerprint density at radius 1 is 1.27 bits per heavy atom. The summed E-state index contributed by atoms with van der Waals surface area (Å²) < 4.78 is 4.67. The number of phenols is 1. The van der Waals surface area contributed by atoms with Crippen LogP contribution in [0.4, 0.5) is 0 Å². The monoisotopic (exact) mass is 390 g/mol. The highest BCUT2D eigenvalue weighted by molar-refractivity contribution is 6.50. The standard InChI is InChI=1S/C18H12Cl2N2O4/c1-26-18(25)10-3-4-11-14(8-10)21-16(22-17(11)24)13(20)7-9-2-5-15(23)12(19)6-9/h2-8,23H,1H3,(H,21,22,24). The zero-order valence-corrected chi connectivity index (χ0v) is 14.9. The van der Waals surface area contributed by atoms with Crippen molar-refractivity contribution in [1.29, 1.82) is 0 Å². The Morgan fingerprint density at radius 3 is 2.73 bits per heavy atom. The zero-order valence-electron chi connectivity index (χ0n) is 13.4. The van der Waals surface area contributed by atoms with Crippen molar-refractivity contribution < 1.29 is 14.6 Å². The molecule has 2 N–H and O–H groups in total. The molecular formula is C18H12Cl2N2O4. The lowest BCUT2D eigenvalue weighted by molar-refractivity contribution is 0.0601. The highest BCUT2D eigenvalue weighted by Gasteiger charge is 2.11. The number of ether oxygens (including phenoxy) is 1. The van der Waals surface area contributed by atoms with E-state index in [1.807, 2.05) is 0 Å². The van der Waals surface area contributed by atoms with E-state index < -0.39 is 11.5 Å². The molecule has 0 bridgehead atoms. The molecule has 0 amide bonds. The normalized spacial score (nSPS) is 11.6. The molecule has 1 heterocycles. The maximum Gasteiger partial charge on any atom is 0.337 e. The molecule has 8 heteroatoms. The number of hydrogen-bond acceptors (Lipinski definition) is 5. The first-order chi connectivity index (χ1) is 12.4. The van der Waals surface area contributed by atoms with Gasteiger partial charge in [0.2, 0.25) is 0 Å². The summed E-state index contributed by atoms with van der Waals surface area (Å²) in [5.74, 6) is -0.446. The van der Waals surface area contributed by atoms with E-state index in [-0.39, 0.29) is 27.2 Å². The number of aromatic nitrogens is 2. The number of aromatic amines is 1. The van der Waals surface area contributed by atoms with E-state index in [2.05, 4.69) is 14.7 Å². The van der Waals surface area contributed by atoms with Gasteiger partial charge in [0.1, 0.15) is 5.75 Å². The van der Waals surface area contributed by atoms with E-state index in [1.165, 1.54) is 37.4 Å². The fourth-order valence-electron chi connectivity index (χ4n) is 2.32. The van der Waals surface area contributed by atoms with Gasteiger partial charge in [0.05, 0.1) is 33.6 Å². The van der Waals surface area contributed by atoms with Crippen molar-refractivity contribution in [2.75, 3.05) is 7.11 Å². The summed E-state index contributed by atoms with van der Waals surface area (Å²) in [6, 6.07) is 9.00. The summed E-state index contributed by atoms with van der Waals surface area (Å²) in [6.45, 7) is 0. The predicted octanol–water partition coefficient (Wildman–Crippen LogP) is 3.81. The first kappa shape index (κ1) is 18.0. The van der Waals surface area contributed by atoms with E-state index in [0.717, 1.165) is 0 Å². The highest BCUT2D eigenvalue weighted by atomic mass is 35.5. The van der Waals surface area contributed by atoms with Gasteiger partial charge >= 0.3 is 5.97 Å². The molecule has 0 spiro atoms. The van der Waals surface area contributed by atoms with Crippen molar-refractivity contribution in [3.8, 4) is 5.75 Å². The summed E-state index contributed by atoms with van der Waals surface area (Å²) in [4.78, 5) is 30.8. The number of esters is 1. The van der Waals surface area contributed by atoms with Gasteiger partial charge in [-0.2, -0.15) is 0 Å². The van der Waals surface area contributed by atoms with Gasteiger partial charge in [0.15, 0.2) is 5.82 Å². The molecule has 132 valence electrons. The predicted molar refractivity (Wildman–Crippen MR) is 101 cm³/mol. The minimum absolute atomic E-state index is 0.0486. The molecule has 6 nitrogen and oxygen atoms in total. The molecule has 0 radical (unpaired) electrons. The first-order valence-corrected chi connectivity index (χ1v) is 8.13. The van der Waals surface area contributed by atoms with Crippen molar-refractivity contribution in [1.82, 2.24) is 9.97 Å². The molecule has 3 aromatic rings. The van der Waals surface area contributed by atoms with E-state index >= 15 is 0 Å². The molecule has 0 saturated carbocycles. The second kappa shape index (κ2) is 7.19. The first-order valence-electron chi connectivity index (χ1n) is 7.37. The van der Waals surface area contributed by atoms with Gasteiger partial charge in [-0.1, -0.05) is 29.3 Å². The number of hydrogen-bond donors (Lipinski definition) is 2. The number of fused-ring (bicyclic) bond motifs is 1. The molecule has 0 atom stereocenters. The lowest BCUT2D eigenvalue weighted by Crippen LogP contribution is -2.11. The van der Waals surface area contributed by atoms with Crippen molar-refractivity contribution in [3.63, 3.8) is 0 Å². The third-order valence-electron chi connectivity index (χ3n) is 3.62. The van der Waals surface area contributed by atoms with Crippen LogP contribution in [0.1, 0.15) is 21.7 Å². The molecule has 1 aromatic heterocycles. The number of H-pyrrole nitrogens is 1. The van der Waals surface area contributed by atoms with E-state index in [9.17, 15) is 14.7 Å². The van der Waals surface area contributed by atoms with Crippen molar-refractivity contribution in [2.24, 2.45) is 0 Å². The van der Waals surface area contributed by atoms with Gasteiger partial charge in [-0.25, -0.2) is 9.78 Å². The van der Waals surface area contributed by atoms with Crippen molar-refractivity contribution in [2.45, 2.75) is 0 Å². The summed E-state index contributed by atoms with van der Waals surface area (Å²) in [5.41, 5.74) is 0.803. The maximum absolute atomic E-state index is 12.3. The smallest absolute Gasteiger partial charge is 0.337 e. The Morgan fingerprint density at radius 2 is 2.04 bits per heavy atom. The van der Waals surface area contributed by atoms with Crippen LogP contribution in [0.15, 0.2) is 41.2 Å². The molecule has 0 fully saturated rings. The number of phenolic OH excluding ortho intramolecular Hbond substituents is 1. The number of rotatable bonds is 3. The third kappa shape index (κ3) is 3.56. The largest absolute Gasteiger partial charge is 0.506 e. The molecule has 0 aliphatic heterocycles. The van der Waals surface area contributed by atoms with Crippen LogP contribution >= 0.6 is 23.2 Å². The molecule has 0 aliphatic carbocycles. The Labute approximate surface area is 157 Å². The van der Waals surface area contributed by atoms with Gasteiger partial charge in [-0.15, -0.1) is 0 Å². The quantitative estimate of drug-likeness (QED) is 0.663. The summed E-state index contributed by atoms with van der Waals surface area (Å²) in [7, 11) is 1.27. The molecule has 3 rings (SSSR count). The zero-order chi connectivity index (χ0) is 18.8. The van der Waals surface area contributed by atoms with Crippen LogP contribution in [0.5, 0.6) is 5.75 Å². The SMILES string of the molecule is COC(=O)c1ccc2c(=O)[nH]c(C(Cl)=Cc3ccc(O)c(Cl)c3)nc2c1. The molecule has 0 unspecified atom stereocenters. The molecule has 0 saturated heterocycles. The van der Waals surface area contributed by atoms with Crippen LogP contribution < -0.4 is 5.56 Å². The lowest BCUT2D eigenvalue weighted by atomic mass is 10.1. The fraction of sp³-hybridized carbons (Fsp3) is 0.0556.